The molecule has 0 bridgehead atoms. The Labute approximate surface area is 219 Å². The number of aromatic nitrogens is 2. The van der Waals surface area contributed by atoms with Gasteiger partial charge in [-0.25, -0.2) is 9.98 Å². The predicted octanol–water partition coefficient (Wildman–Crippen LogP) is 4.28. The minimum atomic E-state index is 0. The van der Waals surface area contributed by atoms with E-state index in [0.29, 0.717) is 19.7 Å². The van der Waals surface area contributed by atoms with E-state index >= 15 is 0 Å². The Hall–Kier alpha value is -2.59. The average Bonchev–Trinajstić information content (AvgIpc) is 3.52. The summed E-state index contributed by atoms with van der Waals surface area (Å²) in [7, 11) is 0. The van der Waals surface area contributed by atoms with Crippen molar-refractivity contribution in [3.05, 3.63) is 83.4 Å². The van der Waals surface area contributed by atoms with Crippen molar-refractivity contribution in [3.8, 4) is 5.75 Å². The molecular weight excluding hydrogens is 541 g/mol. The van der Waals surface area contributed by atoms with Crippen LogP contribution in [0.3, 0.4) is 0 Å². The lowest BCUT2D eigenvalue weighted by molar-refractivity contribution is 0.140. The van der Waals surface area contributed by atoms with E-state index in [2.05, 4.69) is 76.5 Å². The number of rotatable bonds is 9. The third-order valence-electron chi connectivity index (χ3n) is 5.56. The summed E-state index contributed by atoms with van der Waals surface area (Å²) in [5, 5.41) is 6.79. The van der Waals surface area contributed by atoms with Crippen molar-refractivity contribution in [2.24, 2.45) is 4.99 Å². The lowest BCUT2D eigenvalue weighted by Crippen LogP contribution is -2.37. The molecule has 0 radical (unpaired) electrons. The fraction of sp³-hybridized carbons (Fsp3) is 0.385. The normalized spacial score (nSPS) is 15.6. The molecule has 4 rings (SSSR count). The highest BCUT2D eigenvalue weighted by Gasteiger charge is 2.18. The van der Waals surface area contributed by atoms with Crippen LogP contribution in [0.1, 0.15) is 35.6 Å². The second-order valence-electron chi connectivity index (χ2n) is 8.31. The van der Waals surface area contributed by atoms with E-state index in [0.717, 1.165) is 43.4 Å². The van der Waals surface area contributed by atoms with Crippen molar-refractivity contribution in [1.29, 1.82) is 0 Å². The maximum atomic E-state index is 6.23. The lowest BCUT2D eigenvalue weighted by Gasteiger charge is -2.18. The summed E-state index contributed by atoms with van der Waals surface area (Å²) in [6, 6.07) is 14.9. The molecule has 2 N–H and O–H groups in total. The van der Waals surface area contributed by atoms with Gasteiger partial charge >= 0.3 is 0 Å². The van der Waals surface area contributed by atoms with E-state index in [1.165, 1.54) is 16.7 Å². The first-order valence-corrected chi connectivity index (χ1v) is 11.6. The monoisotopic (exact) mass is 575 g/mol. The van der Waals surface area contributed by atoms with Crippen LogP contribution in [0.15, 0.2) is 66.2 Å². The summed E-state index contributed by atoms with van der Waals surface area (Å²) in [4.78, 5) is 8.87. The highest BCUT2D eigenvalue weighted by molar-refractivity contribution is 14.0. The summed E-state index contributed by atoms with van der Waals surface area (Å²) >= 11 is 0. The van der Waals surface area contributed by atoms with E-state index in [1.807, 2.05) is 12.5 Å². The second kappa shape index (κ2) is 13.3. The Morgan fingerprint density at radius 1 is 1.18 bits per heavy atom. The van der Waals surface area contributed by atoms with Gasteiger partial charge in [-0.05, 0) is 36.6 Å². The molecule has 2 heterocycles. The van der Waals surface area contributed by atoms with E-state index in [4.69, 9.17) is 14.5 Å². The molecule has 34 heavy (non-hydrogen) atoms. The van der Waals surface area contributed by atoms with Crippen LogP contribution in [0.2, 0.25) is 0 Å². The standard InChI is InChI=1S/C26H33N5O2.HI/c1-3-28-26(29-15-21-5-7-22(8-6-21)17-31-12-11-27-19-31)30-16-23-9-4-20(2)14-25(23)33-24-10-13-32-18-24;/h4-9,11-12,14,19,24H,3,10,13,15-18H2,1-2H3,(H2,28,29,30);1H. The first kappa shape index (κ1) is 26.0. The van der Waals surface area contributed by atoms with Gasteiger partial charge in [0.05, 0.1) is 26.1 Å². The number of aliphatic imine (C=N–C) groups is 1. The van der Waals surface area contributed by atoms with E-state index in [-0.39, 0.29) is 30.1 Å². The molecule has 1 aromatic heterocycles. The number of ether oxygens (including phenoxy) is 2. The Morgan fingerprint density at radius 3 is 2.71 bits per heavy atom. The van der Waals surface area contributed by atoms with Gasteiger partial charge in [-0.3, -0.25) is 0 Å². The number of guanidine groups is 1. The van der Waals surface area contributed by atoms with Crippen LogP contribution in [0, 0.1) is 6.92 Å². The first-order valence-electron chi connectivity index (χ1n) is 11.6. The third kappa shape index (κ3) is 7.73. The van der Waals surface area contributed by atoms with Crippen LogP contribution in [-0.4, -0.2) is 41.4 Å². The molecule has 0 spiro atoms. The quantitative estimate of drug-likeness (QED) is 0.227. The van der Waals surface area contributed by atoms with Gasteiger partial charge in [0.1, 0.15) is 11.9 Å². The van der Waals surface area contributed by atoms with Gasteiger partial charge in [-0.1, -0.05) is 36.4 Å². The number of hydrogen-bond acceptors (Lipinski definition) is 4. The zero-order valence-corrected chi connectivity index (χ0v) is 22.2. The van der Waals surface area contributed by atoms with Gasteiger partial charge in [0, 0.05) is 44.0 Å². The minimum absolute atomic E-state index is 0. The molecule has 1 aliphatic rings. The summed E-state index contributed by atoms with van der Waals surface area (Å²) in [5.41, 5.74) is 4.71. The smallest absolute Gasteiger partial charge is 0.191 e. The maximum Gasteiger partial charge on any atom is 0.191 e. The molecule has 1 aliphatic heterocycles. The van der Waals surface area contributed by atoms with Crippen LogP contribution >= 0.6 is 24.0 Å². The summed E-state index contributed by atoms with van der Waals surface area (Å²) in [6.07, 6.45) is 6.67. The van der Waals surface area contributed by atoms with Crippen LogP contribution in [-0.2, 0) is 24.4 Å². The number of halogens is 1. The second-order valence-corrected chi connectivity index (χ2v) is 8.31. The zero-order chi connectivity index (χ0) is 22.9. The topological polar surface area (TPSA) is 72.7 Å². The fourth-order valence-corrected chi connectivity index (χ4v) is 3.74. The zero-order valence-electron chi connectivity index (χ0n) is 19.9. The molecule has 1 atom stereocenters. The first-order chi connectivity index (χ1) is 16.2. The van der Waals surface area contributed by atoms with Crippen LogP contribution in [0.25, 0.3) is 0 Å². The SMILES string of the molecule is CCNC(=NCc1ccc(Cn2ccnc2)cc1)NCc1ccc(C)cc1OC1CCOC1.I. The molecule has 7 nitrogen and oxygen atoms in total. The Kier molecular flexibility index (Phi) is 10.2. The molecule has 0 saturated carbocycles. The molecule has 1 fully saturated rings. The maximum absolute atomic E-state index is 6.23. The van der Waals surface area contributed by atoms with Gasteiger partial charge in [0.2, 0.25) is 0 Å². The molecular formula is C26H34IN5O2. The van der Waals surface area contributed by atoms with E-state index in [1.54, 1.807) is 6.20 Å². The molecule has 1 unspecified atom stereocenters. The van der Waals surface area contributed by atoms with E-state index in [9.17, 15) is 0 Å². The average molecular weight is 575 g/mol. The van der Waals surface area contributed by atoms with Crippen molar-refractivity contribution in [1.82, 2.24) is 20.2 Å². The molecule has 0 aliphatic carbocycles. The van der Waals surface area contributed by atoms with Crippen molar-refractivity contribution in [3.63, 3.8) is 0 Å². The number of imidazole rings is 1. The van der Waals surface area contributed by atoms with Gasteiger partial charge in [-0.2, -0.15) is 0 Å². The molecule has 0 amide bonds. The van der Waals surface area contributed by atoms with Gasteiger partial charge in [-0.15, -0.1) is 24.0 Å². The van der Waals surface area contributed by atoms with Gasteiger partial charge in [0.25, 0.3) is 0 Å². The van der Waals surface area contributed by atoms with Gasteiger partial charge in [0.15, 0.2) is 5.96 Å². The summed E-state index contributed by atoms with van der Waals surface area (Å²) in [6.45, 7) is 8.45. The van der Waals surface area contributed by atoms with Crippen LogP contribution < -0.4 is 15.4 Å². The van der Waals surface area contributed by atoms with Gasteiger partial charge < -0.3 is 24.7 Å². The predicted molar refractivity (Wildman–Crippen MR) is 146 cm³/mol. The van der Waals surface area contributed by atoms with Crippen molar-refractivity contribution >= 4 is 29.9 Å². The number of benzene rings is 2. The highest BCUT2D eigenvalue weighted by atomic mass is 127. The van der Waals surface area contributed by atoms with E-state index < -0.39 is 0 Å². The van der Waals surface area contributed by atoms with Crippen molar-refractivity contribution in [2.75, 3.05) is 19.8 Å². The molecule has 3 aromatic rings. The minimum Gasteiger partial charge on any atom is -0.488 e. The lowest BCUT2D eigenvalue weighted by atomic mass is 10.1. The van der Waals surface area contributed by atoms with Crippen molar-refractivity contribution in [2.45, 2.75) is 46.0 Å². The number of nitrogens with one attached hydrogen (secondary N) is 2. The fourth-order valence-electron chi connectivity index (χ4n) is 3.74. The van der Waals surface area contributed by atoms with Crippen molar-refractivity contribution < 1.29 is 9.47 Å². The molecule has 182 valence electrons. The summed E-state index contributed by atoms with van der Waals surface area (Å²) < 4.78 is 13.7. The molecule has 1 saturated heterocycles. The van der Waals surface area contributed by atoms with Crippen LogP contribution in [0.4, 0.5) is 0 Å². The van der Waals surface area contributed by atoms with Crippen LogP contribution in [0.5, 0.6) is 5.75 Å². The number of aryl methyl sites for hydroxylation is 1. The molecule has 8 heteroatoms. The number of nitrogens with zero attached hydrogens (tertiary/aromatic N) is 3. The number of hydrogen-bond donors (Lipinski definition) is 2. The summed E-state index contributed by atoms with van der Waals surface area (Å²) in [5.74, 6) is 1.71. The Balaban J connectivity index is 0.00000324. The Morgan fingerprint density at radius 2 is 2.00 bits per heavy atom. The molecule has 2 aromatic carbocycles. The third-order valence-corrected chi connectivity index (χ3v) is 5.56. The largest absolute Gasteiger partial charge is 0.488 e. The highest BCUT2D eigenvalue weighted by Crippen LogP contribution is 2.23. The Bertz CT molecular complexity index is 1030.